The van der Waals surface area contributed by atoms with E-state index < -0.39 is 0 Å². The minimum Gasteiger partial charge on any atom is -0.497 e. The van der Waals surface area contributed by atoms with Gasteiger partial charge in [-0.3, -0.25) is 0 Å². The monoisotopic (exact) mass is 356 g/mol. The number of hydrogen-bond acceptors (Lipinski definition) is 5. The first-order chi connectivity index (χ1) is 12.0. The van der Waals surface area contributed by atoms with Crippen LogP contribution in [0.15, 0.2) is 36.0 Å². The van der Waals surface area contributed by atoms with E-state index in [0.29, 0.717) is 12.5 Å². The maximum absolute atomic E-state index is 5.93. The molecule has 0 N–H and O–H groups in total. The zero-order valence-corrected chi connectivity index (χ0v) is 16.1. The lowest BCUT2D eigenvalue weighted by Crippen LogP contribution is -2.28. The van der Waals surface area contributed by atoms with Gasteiger partial charge in [0.25, 0.3) is 0 Å². The van der Waals surface area contributed by atoms with Crippen LogP contribution in [-0.2, 0) is 11.8 Å². The molecule has 1 aliphatic carbocycles. The van der Waals surface area contributed by atoms with Crippen molar-refractivity contribution in [1.82, 2.24) is 9.97 Å². The topological polar surface area (TPSA) is 44.2 Å². The van der Waals surface area contributed by atoms with E-state index in [4.69, 9.17) is 14.5 Å². The van der Waals surface area contributed by atoms with Crippen LogP contribution in [0, 0.1) is 0 Å². The van der Waals surface area contributed by atoms with Crippen molar-refractivity contribution >= 4 is 11.8 Å². The SMILES string of the molecule is C=CCOc1nc(SCC)nc2c1C(C)(C)Cc1ccc(OC)cc1-2. The molecule has 25 heavy (non-hydrogen) atoms. The number of hydrogen-bond donors (Lipinski definition) is 0. The minimum absolute atomic E-state index is 0.108. The van der Waals surface area contributed by atoms with Gasteiger partial charge in [0, 0.05) is 16.5 Å². The van der Waals surface area contributed by atoms with Gasteiger partial charge in [0.2, 0.25) is 5.88 Å². The van der Waals surface area contributed by atoms with Gasteiger partial charge in [-0.05, 0) is 29.9 Å². The fourth-order valence-corrected chi connectivity index (χ4v) is 3.84. The van der Waals surface area contributed by atoms with Crippen LogP contribution in [0.5, 0.6) is 11.6 Å². The lowest BCUT2D eigenvalue weighted by atomic mass is 9.72. The Kier molecular flexibility index (Phi) is 5.04. The van der Waals surface area contributed by atoms with Crippen molar-refractivity contribution in [3.8, 4) is 22.9 Å². The number of methoxy groups -OCH3 is 1. The zero-order valence-electron chi connectivity index (χ0n) is 15.3. The Morgan fingerprint density at radius 1 is 1.32 bits per heavy atom. The van der Waals surface area contributed by atoms with Crippen LogP contribution < -0.4 is 9.47 Å². The summed E-state index contributed by atoms with van der Waals surface area (Å²) >= 11 is 1.62. The van der Waals surface area contributed by atoms with Crippen LogP contribution in [0.25, 0.3) is 11.3 Å². The molecule has 0 radical (unpaired) electrons. The minimum atomic E-state index is -0.108. The quantitative estimate of drug-likeness (QED) is 0.428. The molecule has 5 heteroatoms. The second-order valence-corrected chi connectivity index (χ2v) is 7.88. The molecule has 0 unspecified atom stereocenters. The third kappa shape index (κ3) is 3.38. The van der Waals surface area contributed by atoms with Gasteiger partial charge in [0.1, 0.15) is 12.4 Å². The molecule has 4 nitrogen and oxygen atoms in total. The highest BCUT2D eigenvalue weighted by Crippen LogP contribution is 2.47. The second-order valence-electron chi connectivity index (χ2n) is 6.65. The lowest BCUT2D eigenvalue weighted by Gasteiger charge is -2.34. The maximum atomic E-state index is 5.93. The molecule has 0 bridgehead atoms. The van der Waals surface area contributed by atoms with E-state index in [0.717, 1.165) is 39.9 Å². The predicted octanol–water partition coefficient (Wildman–Crippen LogP) is 4.66. The summed E-state index contributed by atoms with van der Waals surface area (Å²) in [5, 5.41) is 0.742. The molecule has 0 atom stereocenters. The molecule has 0 spiro atoms. The van der Waals surface area contributed by atoms with Gasteiger partial charge in [0.15, 0.2) is 5.16 Å². The van der Waals surface area contributed by atoms with Crippen LogP contribution in [0.1, 0.15) is 31.9 Å². The zero-order chi connectivity index (χ0) is 18.0. The predicted molar refractivity (Wildman–Crippen MR) is 103 cm³/mol. The van der Waals surface area contributed by atoms with E-state index in [2.05, 4.69) is 44.5 Å². The van der Waals surface area contributed by atoms with Crippen molar-refractivity contribution in [2.45, 2.75) is 37.8 Å². The van der Waals surface area contributed by atoms with E-state index in [-0.39, 0.29) is 5.41 Å². The fraction of sp³-hybridized carbons (Fsp3) is 0.400. The lowest BCUT2D eigenvalue weighted by molar-refractivity contribution is 0.327. The van der Waals surface area contributed by atoms with Crippen molar-refractivity contribution < 1.29 is 9.47 Å². The Bertz CT molecular complexity index is 803. The molecule has 0 saturated carbocycles. The Labute approximate surface area is 153 Å². The molecule has 0 aliphatic heterocycles. The Morgan fingerprint density at radius 2 is 2.12 bits per heavy atom. The Morgan fingerprint density at radius 3 is 2.80 bits per heavy atom. The van der Waals surface area contributed by atoms with E-state index >= 15 is 0 Å². The Balaban J connectivity index is 2.26. The number of fused-ring (bicyclic) bond motifs is 3. The van der Waals surface area contributed by atoms with Crippen LogP contribution in [0.3, 0.4) is 0 Å². The third-order valence-electron chi connectivity index (χ3n) is 4.35. The molecule has 132 valence electrons. The average Bonchev–Trinajstić information content (AvgIpc) is 2.59. The van der Waals surface area contributed by atoms with Gasteiger partial charge in [-0.15, -0.1) is 0 Å². The van der Waals surface area contributed by atoms with Crippen LogP contribution >= 0.6 is 11.8 Å². The van der Waals surface area contributed by atoms with Gasteiger partial charge < -0.3 is 9.47 Å². The molecule has 1 aliphatic rings. The fourth-order valence-electron chi connectivity index (χ4n) is 3.28. The molecule has 2 aromatic rings. The van der Waals surface area contributed by atoms with Crippen molar-refractivity contribution in [3.05, 3.63) is 42.0 Å². The summed E-state index contributed by atoms with van der Waals surface area (Å²) in [5.41, 5.74) is 4.30. The van der Waals surface area contributed by atoms with Crippen molar-refractivity contribution in [2.75, 3.05) is 19.5 Å². The number of rotatable bonds is 6. The van der Waals surface area contributed by atoms with Gasteiger partial charge in [0.05, 0.1) is 12.8 Å². The smallest absolute Gasteiger partial charge is 0.222 e. The van der Waals surface area contributed by atoms with Crippen LogP contribution in [-0.4, -0.2) is 29.4 Å². The summed E-state index contributed by atoms with van der Waals surface area (Å²) in [7, 11) is 1.69. The molecule has 0 amide bonds. The normalized spacial score (nSPS) is 14.4. The molecular formula is C20H24N2O2S. The van der Waals surface area contributed by atoms with Gasteiger partial charge in [-0.2, -0.15) is 4.98 Å². The van der Waals surface area contributed by atoms with E-state index in [1.54, 1.807) is 24.9 Å². The molecule has 3 rings (SSSR count). The first-order valence-electron chi connectivity index (χ1n) is 8.46. The maximum Gasteiger partial charge on any atom is 0.222 e. The summed E-state index contributed by atoms with van der Waals surface area (Å²) < 4.78 is 11.4. The molecular weight excluding hydrogens is 332 g/mol. The van der Waals surface area contributed by atoms with Crippen molar-refractivity contribution in [2.24, 2.45) is 0 Å². The number of aromatic nitrogens is 2. The van der Waals surface area contributed by atoms with Crippen LogP contribution in [0.4, 0.5) is 0 Å². The number of nitrogens with zero attached hydrogens (tertiary/aromatic N) is 2. The molecule has 0 saturated heterocycles. The molecule has 1 aromatic carbocycles. The third-order valence-corrected chi connectivity index (χ3v) is 5.08. The van der Waals surface area contributed by atoms with Gasteiger partial charge >= 0.3 is 0 Å². The highest BCUT2D eigenvalue weighted by molar-refractivity contribution is 7.99. The molecule has 0 fully saturated rings. The number of ether oxygens (including phenoxy) is 2. The highest BCUT2D eigenvalue weighted by Gasteiger charge is 2.36. The standard InChI is InChI=1S/C20H24N2O2S/c1-6-10-24-18-16-17(21-19(22-18)25-7-2)15-11-14(23-5)9-8-13(15)12-20(16,3)4/h6,8-9,11H,1,7,10,12H2,2-5H3. The van der Waals surface area contributed by atoms with E-state index in [1.165, 1.54) is 5.56 Å². The number of thioether (sulfide) groups is 1. The first kappa shape index (κ1) is 17.8. The summed E-state index contributed by atoms with van der Waals surface area (Å²) in [6.07, 6.45) is 2.65. The second kappa shape index (κ2) is 7.08. The summed E-state index contributed by atoms with van der Waals surface area (Å²) in [5.74, 6) is 2.41. The largest absolute Gasteiger partial charge is 0.497 e. The summed E-state index contributed by atoms with van der Waals surface area (Å²) in [4.78, 5) is 9.55. The first-order valence-corrected chi connectivity index (χ1v) is 9.45. The van der Waals surface area contributed by atoms with Crippen molar-refractivity contribution in [1.29, 1.82) is 0 Å². The van der Waals surface area contributed by atoms with E-state index in [9.17, 15) is 0 Å². The van der Waals surface area contributed by atoms with Gasteiger partial charge in [-0.1, -0.05) is 51.3 Å². The Hall–Kier alpha value is -2.01. The van der Waals surface area contributed by atoms with E-state index in [1.807, 2.05) is 6.07 Å². The molecule has 1 aromatic heterocycles. The van der Waals surface area contributed by atoms with Crippen molar-refractivity contribution in [3.63, 3.8) is 0 Å². The average molecular weight is 356 g/mol. The van der Waals surface area contributed by atoms with Gasteiger partial charge in [-0.25, -0.2) is 4.98 Å². The summed E-state index contributed by atoms with van der Waals surface area (Å²) in [6, 6.07) is 6.21. The highest BCUT2D eigenvalue weighted by atomic mass is 32.2. The summed E-state index contributed by atoms with van der Waals surface area (Å²) in [6.45, 7) is 10.7. The molecule has 1 heterocycles. The number of benzene rings is 1. The van der Waals surface area contributed by atoms with Crippen LogP contribution in [0.2, 0.25) is 0 Å².